The van der Waals surface area contributed by atoms with Crippen LogP contribution in [0.15, 0.2) is 11.6 Å². The van der Waals surface area contributed by atoms with Crippen molar-refractivity contribution in [2.24, 2.45) is 23.7 Å². The van der Waals surface area contributed by atoms with Crippen molar-refractivity contribution < 1.29 is 14.3 Å². The van der Waals surface area contributed by atoms with Gasteiger partial charge < -0.3 is 4.74 Å². The summed E-state index contributed by atoms with van der Waals surface area (Å²) in [4.78, 5) is 25.9. The average Bonchev–Trinajstić information content (AvgIpc) is 2.62. The third-order valence-electron chi connectivity index (χ3n) is 4.64. The fraction of sp³-hybridized carbons (Fsp3) is 0.750. The number of nitrogens with zero attached hydrogens (tertiary/aromatic N) is 1. The topological polar surface area (TPSA) is 46.6 Å². The van der Waals surface area contributed by atoms with Gasteiger partial charge in [-0.15, -0.1) is 0 Å². The number of imide groups is 1. The van der Waals surface area contributed by atoms with Gasteiger partial charge >= 0.3 is 6.09 Å². The summed E-state index contributed by atoms with van der Waals surface area (Å²) in [5.41, 5.74) is 0.675. The SMILES string of the molecule is CC1=C[C@@H]2C(=O)N(C(=O)OC(C)(C)C)C[C@H]2[C@@H](C)[C@@H]1C. The standard InChI is InChI=1S/C16H25NO3/c1-9-7-12-13(11(3)10(9)2)8-17(14(12)18)15(19)20-16(4,5)6/h7,10-13H,8H2,1-6H3/t10-,11+,12+,13+/m1/s1. The minimum absolute atomic E-state index is 0.109. The third kappa shape index (κ3) is 2.60. The summed E-state index contributed by atoms with van der Waals surface area (Å²) < 4.78 is 5.33. The van der Waals surface area contributed by atoms with Crippen LogP contribution >= 0.6 is 0 Å². The maximum Gasteiger partial charge on any atom is 0.417 e. The maximum atomic E-state index is 12.4. The van der Waals surface area contributed by atoms with Crippen LogP contribution in [0.4, 0.5) is 4.79 Å². The van der Waals surface area contributed by atoms with Crippen LogP contribution in [0.5, 0.6) is 0 Å². The molecule has 0 radical (unpaired) electrons. The molecule has 1 heterocycles. The summed E-state index contributed by atoms with van der Waals surface area (Å²) in [7, 11) is 0. The minimum atomic E-state index is -0.574. The van der Waals surface area contributed by atoms with Gasteiger partial charge in [0, 0.05) is 6.54 Å². The monoisotopic (exact) mass is 279 g/mol. The number of ether oxygens (including phenoxy) is 1. The molecule has 0 aromatic heterocycles. The second-order valence-electron chi connectivity index (χ2n) is 7.18. The molecule has 4 atom stereocenters. The van der Waals surface area contributed by atoms with E-state index in [0.29, 0.717) is 18.4 Å². The van der Waals surface area contributed by atoms with Crippen LogP contribution < -0.4 is 0 Å². The van der Waals surface area contributed by atoms with E-state index in [9.17, 15) is 9.59 Å². The fourth-order valence-corrected chi connectivity index (χ4v) is 3.17. The molecule has 0 unspecified atom stereocenters. The van der Waals surface area contributed by atoms with Crippen LogP contribution in [0.3, 0.4) is 0 Å². The summed E-state index contributed by atoms with van der Waals surface area (Å²) >= 11 is 0. The molecule has 0 aromatic rings. The summed E-state index contributed by atoms with van der Waals surface area (Å²) in [6, 6.07) is 0. The largest absolute Gasteiger partial charge is 0.443 e. The zero-order chi connectivity index (χ0) is 15.2. The molecular formula is C16H25NO3. The van der Waals surface area contributed by atoms with Crippen molar-refractivity contribution in [1.29, 1.82) is 0 Å². The number of rotatable bonds is 0. The van der Waals surface area contributed by atoms with Gasteiger partial charge in [-0.05, 0) is 45.4 Å². The van der Waals surface area contributed by atoms with Crippen LogP contribution in [0.1, 0.15) is 41.5 Å². The van der Waals surface area contributed by atoms with Gasteiger partial charge in [0.1, 0.15) is 5.60 Å². The van der Waals surface area contributed by atoms with Gasteiger partial charge in [-0.3, -0.25) is 4.79 Å². The fourth-order valence-electron chi connectivity index (χ4n) is 3.17. The van der Waals surface area contributed by atoms with Crippen molar-refractivity contribution in [1.82, 2.24) is 4.90 Å². The highest BCUT2D eigenvalue weighted by Crippen LogP contribution is 2.42. The van der Waals surface area contributed by atoms with E-state index in [-0.39, 0.29) is 17.7 Å². The second-order valence-corrected chi connectivity index (χ2v) is 7.18. The Kier molecular flexibility index (Phi) is 3.69. The van der Waals surface area contributed by atoms with Gasteiger partial charge in [0.25, 0.3) is 0 Å². The van der Waals surface area contributed by atoms with Crippen LogP contribution in [-0.2, 0) is 9.53 Å². The molecule has 1 aliphatic heterocycles. The molecule has 2 aliphatic rings. The summed E-state index contributed by atoms with van der Waals surface area (Å²) in [6.07, 6.45) is 1.53. The van der Waals surface area contributed by atoms with E-state index in [4.69, 9.17) is 4.74 Å². The lowest BCUT2D eigenvalue weighted by Gasteiger charge is -2.33. The first-order valence-corrected chi connectivity index (χ1v) is 7.34. The first kappa shape index (κ1) is 15.1. The van der Waals surface area contributed by atoms with Crippen molar-refractivity contribution in [3.05, 3.63) is 11.6 Å². The van der Waals surface area contributed by atoms with Crippen molar-refractivity contribution >= 4 is 12.0 Å². The number of carbonyl (C=O) groups excluding carboxylic acids is 2. The average molecular weight is 279 g/mol. The molecule has 0 saturated carbocycles. The molecule has 0 N–H and O–H groups in total. The van der Waals surface area contributed by atoms with Crippen LogP contribution in [0, 0.1) is 23.7 Å². The third-order valence-corrected chi connectivity index (χ3v) is 4.64. The molecule has 1 fully saturated rings. The molecule has 4 heteroatoms. The number of allylic oxidation sites excluding steroid dienone is 1. The lowest BCUT2D eigenvalue weighted by molar-refractivity contribution is -0.129. The Morgan fingerprint density at radius 3 is 2.50 bits per heavy atom. The Hall–Kier alpha value is -1.32. The van der Waals surface area contributed by atoms with E-state index >= 15 is 0 Å². The Bertz CT molecular complexity index is 461. The van der Waals surface area contributed by atoms with Gasteiger partial charge in [-0.2, -0.15) is 0 Å². The molecule has 0 bridgehead atoms. The number of amides is 2. The van der Waals surface area contributed by atoms with Crippen LogP contribution in [0.2, 0.25) is 0 Å². The zero-order valence-corrected chi connectivity index (χ0v) is 13.3. The van der Waals surface area contributed by atoms with Crippen LogP contribution in [0.25, 0.3) is 0 Å². The van der Waals surface area contributed by atoms with Crippen LogP contribution in [-0.4, -0.2) is 29.0 Å². The second kappa shape index (κ2) is 4.90. The van der Waals surface area contributed by atoms with Crippen molar-refractivity contribution in [2.75, 3.05) is 6.54 Å². The predicted octanol–water partition coefficient (Wildman–Crippen LogP) is 3.23. The van der Waals surface area contributed by atoms with E-state index < -0.39 is 11.7 Å². The van der Waals surface area contributed by atoms with E-state index in [1.165, 1.54) is 10.5 Å². The molecule has 0 aromatic carbocycles. The number of hydrogen-bond acceptors (Lipinski definition) is 3. The molecule has 4 nitrogen and oxygen atoms in total. The Balaban J connectivity index is 2.19. The van der Waals surface area contributed by atoms with E-state index in [2.05, 4.69) is 20.8 Å². The van der Waals surface area contributed by atoms with Gasteiger partial charge in [-0.25, -0.2) is 9.69 Å². The smallest absolute Gasteiger partial charge is 0.417 e. The Morgan fingerprint density at radius 2 is 1.95 bits per heavy atom. The van der Waals surface area contributed by atoms with E-state index in [1.807, 2.05) is 26.8 Å². The molecule has 1 saturated heterocycles. The Labute approximate surface area is 121 Å². The van der Waals surface area contributed by atoms with Gasteiger partial charge in [0.15, 0.2) is 0 Å². The summed E-state index contributed by atoms with van der Waals surface area (Å²) in [5, 5.41) is 0. The maximum absolute atomic E-state index is 12.4. The first-order valence-electron chi connectivity index (χ1n) is 7.34. The molecule has 2 amide bonds. The first-order chi connectivity index (χ1) is 9.11. The number of carbonyl (C=O) groups is 2. The molecule has 20 heavy (non-hydrogen) atoms. The zero-order valence-electron chi connectivity index (χ0n) is 13.3. The molecule has 0 spiro atoms. The molecular weight excluding hydrogens is 254 g/mol. The van der Waals surface area contributed by atoms with Crippen molar-refractivity contribution in [3.8, 4) is 0 Å². The highest BCUT2D eigenvalue weighted by molar-refractivity contribution is 5.96. The van der Waals surface area contributed by atoms with Gasteiger partial charge in [0.05, 0.1) is 5.92 Å². The summed E-state index contributed by atoms with van der Waals surface area (Å²) in [5.74, 6) is 0.814. The lowest BCUT2D eigenvalue weighted by Crippen LogP contribution is -2.38. The molecule has 1 aliphatic carbocycles. The van der Waals surface area contributed by atoms with Crippen molar-refractivity contribution in [3.63, 3.8) is 0 Å². The lowest BCUT2D eigenvalue weighted by atomic mass is 9.70. The highest BCUT2D eigenvalue weighted by Gasteiger charge is 2.48. The van der Waals surface area contributed by atoms with Crippen molar-refractivity contribution in [2.45, 2.75) is 47.1 Å². The minimum Gasteiger partial charge on any atom is -0.443 e. The Morgan fingerprint density at radius 1 is 1.35 bits per heavy atom. The summed E-state index contributed by atoms with van der Waals surface area (Å²) in [6.45, 7) is 12.3. The number of fused-ring (bicyclic) bond motifs is 1. The number of hydrogen-bond donors (Lipinski definition) is 0. The predicted molar refractivity (Wildman–Crippen MR) is 77.0 cm³/mol. The molecule has 2 rings (SSSR count). The normalized spacial score (nSPS) is 33.8. The van der Waals surface area contributed by atoms with Gasteiger partial charge in [0.2, 0.25) is 5.91 Å². The quantitative estimate of drug-likeness (QED) is 0.640. The molecule has 112 valence electrons. The highest BCUT2D eigenvalue weighted by atomic mass is 16.6. The van der Waals surface area contributed by atoms with E-state index in [1.54, 1.807) is 0 Å². The number of likely N-dealkylation sites (tertiary alicyclic amines) is 1. The van der Waals surface area contributed by atoms with Gasteiger partial charge in [-0.1, -0.05) is 25.5 Å². The van der Waals surface area contributed by atoms with E-state index in [0.717, 1.165) is 0 Å².